The molecule has 19 heavy (non-hydrogen) atoms. The standard InChI is InChI=1S/C12H15Br2NO2S2/c1-19(16,17)12-8-18-5-4-15(12)10-3-2-9(7-13)11(14)6-10/h2-3,6,12H,4-5,7-8H2,1H3. The second kappa shape index (κ2) is 6.37. The van der Waals surface area contributed by atoms with Crippen molar-refractivity contribution in [3.8, 4) is 0 Å². The first-order chi connectivity index (χ1) is 8.93. The fourth-order valence-electron chi connectivity index (χ4n) is 2.05. The summed E-state index contributed by atoms with van der Waals surface area (Å²) in [5.74, 6) is 1.60. The summed E-state index contributed by atoms with van der Waals surface area (Å²) in [5.41, 5.74) is 2.12. The number of alkyl halides is 1. The van der Waals surface area contributed by atoms with E-state index in [0.717, 1.165) is 33.4 Å². The Labute approximate surface area is 135 Å². The highest BCUT2D eigenvalue weighted by Crippen LogP contribution is 2.30. The highest BCUT2D eigenvalue weighted by molar-refractivity contribution is 9.10. The van der Waals surface area contributed by atoms with Crippen molar-refractivity contribution in [3.63, 3.8) is 0 Å². The summed E-state index contributed by atoms with van der Waals surface area (Å²) in [5, 5.41) is 0.354. The van der Waals surface area contributed by atoms with Crippen LogP contribution < -0.4 is 4.90 Å². The van der Waals surface area contributed by atoms with E-state index in [9.17, 15) is 8.42 Å². The van der Waals surface area contributed by atoms with Crippen LogP contribution in [0, 0.1) is 0 Å². The van der Waals surface area contributed by atoms with Crippen LogP contribution in [-0.4, -0.2) is 38.1 Å². The predicted molar refractivity (Wildman–Crippen MR) is 90.1 cm³/mol. The maximum Gasteiger partial charge on any atom is 0.169 e. The van der Waals surface area contributed by atoms with Crippen molar-refractivity contribution in [1.82, 2.24) is 0 Å². The summed E-state index contributed by atoms with van der Waals surface area (Å²) in [6.07, 6.45) is 1.32. The molecule has 0 amide bonds. The van der Waals surface area contributed by atoms with E-state index in [1.807, 2.05) is 23.1 Å². The van der Waals surface area contributed by atoms with E-state index in [1.165, 1.54) is 6.26 Å². The molecular weight excluding hydrogens is 414 g/mol. The SMILES string of the molecule is CS(=O)(=O)C1CSCCN1c1ccc(CBr)c(Br)c1. The van der Waals surface area contributed by atoms with E-state index in [-0.39, 0.29) is 0 Å². The normalized spacial score (nSPS) is 20.6. The predicted octanol–water partition coefficient (Wildman–Crippen LogP) is 3.27. The Morgan fingerprint density at radius 2 is 2.21 bits per heavy atom. The lowest BCUT2D eigenvalue weighted by atomic mass is 10.2. The zero-order valence-corrected chi connectivity index (χ0v) is 15.3. The van der Waals surface area contributed by atoms with Gasteiger partial charge in [0.25, 0.3) is 0 Å². The Bertz CT molecular complexity index is 563. The molecule has 1 heterocycles. The molecule has 0 spiro atoms. The number of hydrogen-bond acceptors (Lipinski definition) is 4. The lowest BCUT2D eigenvalue weighted by molar-refractivity contribution is 0.584. The first kappa shape index (κ1) is 15.7. The van der Waals surface area contributed by atoms with Crippen molar-refractivity contribution in [3.05, 3.63) is 28.2 Å². The van der Waals surface area contributed by atoms with Gasteiger partial charge in [0.15, 0.2) is 9.84 Å². The van der Waals surface area contributed by atoms with Gasteiger partial charge in [-0.3, -0.25) is 0 Å². The van der Waals surface area contributed by atoms with Gasteiger partial charge < -0.3 is 4.90 Å². The molecule has 1 saturated heterocycles. The van der Waals surface area contributed by atoms with Crippen LogP contribution in [-0.2, 0) is 15.2 Å². The molecule has 1 aromatic rings. The molecule has 1 unspecified atom stereocenters. The summed E-state index contributed by atoms with van der Waals surface area (Å²) in [7, 11) is -3.07. The Morgan fingerprint density at radius 3 is 2.79 bits per heavy atom. The largest absolute Gasteiger partial charge is 0.353 e. The Hall–Kier alpha value is 0.280. The van der Waals surface area contributed by atoms with Gasteiger partial charge in [-0.15, -0.1) is 0 Å². The van der Waals surface area contributed by atoms with E-state index in [1.54, 1.807) is 11.8 Å². The molecular formula is C12H15Br2NO2S2. The average Bonchev–Trinajstić information content (AvgIpc) is 2.37. The van der Waals surface area contributed by atoms with Crippen LogP contribution in [0.4, 0.5) is 5.69 Å². The zero-order valence-electron chi connectivity index (χ0n) is 10.5. The third-order valence-corrected chi connectivity index (χ3v) is 7.08. The van der Waals surface area contributed by atoms with Crippen molar-refractivity contribution in [2.45, 2.75) is 10.7 Å². The quantitative estimate of drug-likeness (QED) is 0.692. The number of thioether (sulfide) groups is 1. The molecule has 3 nitrogen and oxygen atoms in total. The van der Waals surface area contributed by atoms with E-state index in [2.05, 4.69) is 31.9 Å². The van der Waals surface area contributed by atoms with Gasteiger partial charge >= 0.3 is 0 Å². The Morgan fingerprint density at radius 1 is 1.47 bits per heavy atom. The maximum absolute atomic E-state index is 11.9. The molecule has 1 aromatic carbocycles. The molecule has 1 aliphatic rings. The lowest BCUT2D eigenvalue weighted by Crippen LogP contribution is -2.47. The minimum absolute atomic E-state index is 0.423. The molecule has 0 bridgehead atoms. The van der Waals surface area contributed by atoms with Gasteiger partial charge in [0, 0.05) is 39.8 Å². The molecule has 0 aliphatic carbocycles. The zero-order chi connectivity index (χ0) is 14.0. The first-order valence-electron chi connectivity index (χ1n) is 5.81. The van der Waals surface area contributed by atoms with Crippen molar-refractivity contribution in [1.29, 1.82) is 0 Å². The summed E-state index contributed by atoms with van der Waals surface area (Å²) < 4.78 is 24.8. The average molecular weight is 429 g/mol. The molecule has 1 fully saturated rings. The van der Waals surface area contributed by atoms with Gasteiger partial charge in [-0.25, -0.2) is 8.42 Å². The van der Waals surface area contributed by atoms with Gasteiger partial charge in [0.2, 0.25) is 0 Å². The van der Waals surface area contributed by atoms with Gasteiger partial charge in [-0.1, -0.05) is 37.9 Å². The van der Waals surface area contributed by atoms with Crippen LogP contribution in [0.1, 0.15) is 5.56 Å². The highest BCUT2D eigenvalue weighted by atomic mass is 79.9. The van der Waals surface area contributed by atoms with E-state index in [4.69, 9.17) is 0 Å². The minimum atomic E-state index is -3.07. The molecule has 0 saturated carbocycles. The minimum Gasteiger partial charge on any atom is -0.353 e. The number of anilines is 1. The van der Waals surface area contributed by atoms with Crippen molar-refractivity contribution >= 4 is 59.1 Å². The molecule has 1 aliphatic heterocycles. The van der Waals surface area contributed by atoms with E-state index in [0.29, 0.717) is 5.75 Å². The third-order valence-electron chi connectivity index (χ3n) is 3.09. The molecule has 0 radical (unpaired) electrons. The summed E-state index contributed by atoms with van der Waals surface area (Å²) in [4.78, 5) is 1.99. The van der Waals surface area contributed by atoms with Crippen LogP contribution in [0.25, 0.3) is 0 Å². The molecule has 106 valence electrons. The number of hydrogen-bond donors (Lipinski definition) is 0. The van der Waals surface area contributed by atoms with Gasteiger partial charge in [0.1, 0.15) is 5.37 Å². The van der Waals surface area contributed by atoms with Crippen molar-refractivity contribution < 1.29 is 8.42 Å². The number of benzene rings is 1. The fourth-order valence-corrected chi connectivity index (χ4v) is 6.27. The van der Waals surface area contributed by atoms with Crippen LogP contribution in [0.15, 0.2) is 22.7 Å². The second-order valence-corrected chi connectivity index (χ2v) is 9.23. The first-order valence-corrected chi connectivity index (χ1v) is 10.8. The summed E-state index contributed by atoms with van der Waals surface area (Å²) in [6, 6.07) is 6.02. The number of sulfone groups is 1. The number of rotatable bonds is 3. The molecule has 2 rings (SSSR count). The highest BCUT2D eigenvalue weighted by Gasteiger charge is 2.31. The van der Waals surface area contributed by atoms with Gasteiger partial charge in [-0.2, -0.15) is 11.8 Å². The topological polar surface area (TPSA) is 37.4 Å². The molecule has 1 atom stereocenters. The third kappa shape index (κ3) is 3.68. The molecule has 0 N–H and O–H groups in total. The van der Waals surface area contributed by atoms with Crippen molar-refractivity contribution in [2.75, 3.05) is 29.2 Å². The molecule has 7 heteroatoms. The molecule has 0 aromatic heterocycles. The van der Waals surface area contributed by atoms with Crippen LogP contribution in [0.5, 0.6) is 0 Å². The Balaban J connectivity index is 2.35. The van der Waals surface area contributed by atoms with E-state index < -0.39 is 15.2 Å². The van der Waals surface area contributed by atoms with E-state index >= 15 is 0 Å². The van der Waals surface area contributed by atoms with Crippen molar-refractivity contribution in [2.24, 2.45) is 0 Å². The fraction of sp³-hybridized carbons (Fsp3) is 0.500. The van der Waals surface area contributed by atoms with Crippen LogP contribution >= 0.6 is 43.6 Å². The lowest BCUT2D eigenvalue weighted by Gasteiger charge is -2.36. The second-order valence-electron chi connectivity index (χ2n) is 4.46. The summed E-state index contributed by atoms with van der Waals surface area (Å²) in [6.45, 7) is 0.766. The van der Waals surface area contributed by atoms with Gasteiger partial charge in [0.05, 0.1) is 0 Å². The van der Waals surface area contributed by atoms with Crippen LogP contribution in [0.3, 0.4) is 0 Å². The number of halogens is 2. The monoisotopic (exact) mass is 427 g/mol. The maximum atomic E-state index is 11.9. The Kier molecular flexibility index (Phi) is 5.25. The summed E-state index contributed by atoms with van der Waals surface area (Å²) >= 11 is 8.66. The number of nitrogens with zero attached hydrogens (tertiary/aromatic N) is 1. The van der Waals surface area contributed by atoms with Crippen LogP contribution in [0.2, 0.25) is 0 Å². The smallest absolute Gasteiger partial charge is 0.169 e. The van der Waals surface area contributed by atoms with Gasteiger partial charge in [-0.05, 0) is 17.7 Å².